The third-order valence-electron chi connectivity index (χ3n) is 4.38. The van der Waals surface area contributed by atoms with Gasteiger partial charge in [0.05, 0.1) is 32.6 Å². The molecule has 0 spiro atoms. The number of hydrogen-bond donors (Lipinski definition) is 1. The highest BCUT2D eigenvalue weighted by molar-refractivity contribution is 5.79. The van der Waals surface area contributed by atoms with Gasteiger partial charge in [0.25, 0.3) is 0 Å². The van der Waals surface area contributed by atoms with E-state index in [4.69, 9.17) is 9.47 Å². The van der Waals surface area contributed by atoms with E-state index < -0.39 is 0 Å². The lowest BCUT2D eigenvalue weighted by Gasteiger charge is -2.30. The molecule has 3 heterocycles. The highest BCUT2D eigenvalue weighted by Crippen LogP contribution is 2.18. The van der Waals surface area contributed by atoms with Crippen molar-refractivity contribution in [2.75, 3.05) is 67.8 Å². The average molecular weight is 369 g/mol. The number of ether oxygens (including phenoxy) is 2. The Kier molecular flexibility index (Phi) is 5.70. The molecule has 0 atom stereocenters. The number of nitrogens with one attached hydrogen (secondary N) is 1. The van der Waals surface area contributed by atoms with Crippen LogP contribution in [0, 0.1) is 0 Å². The Hall–Kier alpha value is -2.78. The Bertz CT molecular complexity index is 723. The lowest BCUT2D eigenvalue weighted by atomic mass is 10.2. The second-order valence-corrected chi connectivity index (χ2v) is 6.24. The van der Waals surface area contributed by atoms with Crippen molar-refractivity contribution < 1.29 is 9.47 Å². The maximum absolute atomic E-state index is 5.43. The molecule has 0 amide bonds. The van der Waals surface area contributed by atoms with Crippen LogP contribution in [-0.2, 0) is 9.47 Å². The Morgan fingerprint density at radius 2 is 1.37 bits per heavy atom. The molecule has 0 aliphatic carbocycles. The summed E-state index contributed by atoms with van der Waals surface area (Å²) < 4.78 is 10.9. The van der Waals surface area contributed by atoms with Crippen molar-refractivity contribution in [2.24, 2.45) is 5.10 Å². The molecule has 0 bridgehead atoms. The molecule has 2 fully saturated rings. The molecule has 9 nitrogen and oxygen atoms in total. The molecule has 27 heavy (non-hydrogen) atoms. The molecule has 1 aromatic heterocycles. The predicted molar refractivity (Wildman–Crippen MR) is 104 cm³/mol. The second kappa shape index (κ2) is 8.74. The van der Waals surface area contributed by atoms with Crippen LogP contribution in [0.15, 0.2) is 35.4 Å². The van der Waals surface area contributed by atoms with E-state index in [2.05, 4.69) is 35.3 Å². The number of hydrogen-bond acceptors (Lipinski definition) is 9. The number of aromatic nitrogens is 3. The number of hydrazone groups is 1. The monoisotopic (exact) mass is 369 g/mol. The van der Waals surface area contributed by atoms with Gasteiger partial charge in [-0.25, -0.2) is 5.43 Å². The standard InChI is InChI=1S/C18H23N7O2/c1-2-4-15(5-3-1)14-19-23-16-20-17(24-6-10-26-11-7-24)22-18(21-16)25-8-12-27-13-9-25/h1-5,14H,6-13H2,(H,20,21,22,23). The van der Waals surface area contributed by atoms with E-state index in [1.54, 1.807) is 6.21 Å². The molecule has 1 aromatic carbocycles. The van der Waals surface area contributed by atoms with Crippen molar-refractivity contribution in [1.29, 1.82) is 0 Å². The first kappa shape index (κ1) is 17.6. The second-order valence-electron chi connectivity index (χ2n) is 6.24. The van der Waals surface area contributed by atoms with Crippen molar-refractivity contribution in [1.82, 2.24) is 15.0 Å². The summed E-state index contributed by atoms with van der Waals surface area (Å²) in [6.45, 7) is 5.75. The van der Waals surface area contributed by atoms with E-state index in [0.29, 0.717) is 44.3 Å². The topological polar surface area (TPSA) is 88.0 Å². The van der Waals surface area contributed by atoms with Gasteiger partial charge >= 0.3 is 0 Å². The molecular weight excluding hydrogens is 346 g/mol. The van der Waals surface area contributed by atoms with Crippen LogP contribution in [0.3, 0.4) is 0 Å². The fourth-order valence-corrected chi connectivity index (χ4v) is 2.92. The van der Waals surface area contributed by atoms with Gasteiger partial charge in [-0.3, -0.25) is 0 Å². The minimum Gasteiger partial charge on any atom is -0.378 e. The largest absolute Gasteiger partial charge is 0.378 e. The first-order valence-corrected chi connectivity index (χ1v) is 9.14. The van der Waals surface area contributed by atoms with Gasteiger partial charge in [0.15, 0.2) is 0 Å². The van der Waals surface area contributed by atoms with E-state index >= 15 is 0 Å². The fraction of sp³-hybridized carbons (Fsp3) is 0.444. The Labute approximate surface area is 158 Å². The van der Waals surface area contributed by atoms with Crippen molar-refractivity contribution in [2.45, 2.75) is 0 Å². The predicted octanol–water partition coefficient (Wildman–Crippen LogP) is 0.991. The zero-order valence-corrected chi connectivity index (χ0v) is 15.1. The SMILES string of the molecule is C(=NNc1nc(N2CCOCC2)nc(N2CCOCC2)n1)c1ccccc1. The summed E-state index contributed by atoms with van der Waals surface area (Å²) >= 11 is 0. The fourth-order valence-electron chi connectivity index (χ4n) is 2.92. The zero-order chi connectivity index (χ0) is 18.3. The van der Waals surface area contributed by atoms with Crippen LogP contribution >= 0.6 is 0 Å². The molecule has 4 rings (SSSR count). The maximum atomic E-state index is 5.43. The van der Waals surface area contributed by atoms with Gasteiger partial charge in [0.1, 0.15) is 0 Å². The van der Waals surface area contributed by atoms with Gasteiger partial charge < -0.3 is 19.3 Å². The number of anilines is 3. The molecule has 142 valence electrons. The van der Waals surface area contributed by atoms with Crippen LogP contribution in [0.25, 0.3) is 0 Å². The number of rotatable bonds is 5. The first-order valence-electron chi connectivity index (χ1n) is 9.14. The zero-order valence-electron chi connectivity index (χ0n) is 15.1. The van der Waals surface area contributed by atoms with E-state index in [-0.39, 0.29) is 0 Å². The molecule has 2 aliphatic rings. The maximum Gasteiger partial charge on any atom is 0.250 e. The van der Waals surface area contributed by atoms with Gasteiger partial charge in [-0.05, 0) is 5.56 Å². The molecule has 2 saturated heterocycles. The average Bonchev–Trinajstić information content (AvgIpc) is 2.76. The molecule has 0 radical (unpaired) electrons. The van der Waals surface area contributed by atoms with Crippen LogP contribution in [0.4, 0.5) is 17.8 Å². The number of morpholine rings is 2. The minimum atomic E-state index is 0.431. The highest BCUT2D eigenvalue weighted by atomic mass is 16.5. The van der Waals surface area contributed by atoms with Crippen molar-refractivity contribution in [3.63, 3.8) is 0 Å². The molecule has 1 N–H and O–H groups in total. The molecule has 0 unspecified atom stereocenters. The van der Waals surface area contributed by atoms with Gasteiger partial charge in [0, 0.05) is 26.2 Å². The molecular formula is C18H23N7O2. The summed E-state index contributed by atoms with van der Waals surface area (Å²) in [7, 11) is 0. The van der Waals surface area contributed by atoms with Crippen LogP contribution in [0.5, 0.6) is 0 Å². The van der Waals surface area contributed by atoms with Gasteiger partial charge in [-0.15, -0.1) is 0 Å². The Morgan fingerprint density at radius 1 is 0.815 bits per heavy atom. The van der Waals surface area contributed by atoms with Gasteiger partial charge in [-0.2, -0.15) is 20.1 Å². The smallest absolute Gasteiger partial charge is 0.250 e. The quantitative estimate of drug-likeness (QED) is 0.617. The van der Waals surface area contributed by atoms with Gasteiger partial charge in [0.2, 0.25) is 17.8 Å². The summed E-state index contributed by atoms with van der Waals surface area (Å²) in [6, 6.07) is 9.88. The van der Waals surface area contributed by atoms with Crippen molar-refractivity contribution >= 4 is 24.1 Å². The number of benzene rings is 1. The van der Waals surface area contributed by atoms with E-state index in [0.717, 1.165) is 31.7 Å². The van der Waals surface area contributed by atoms with E-state index in [1.165, 1.54) is 0 Å². The lowest BCUT2D eigenvalue weighted by Crippen LogP contribution is -2.40. The van der Waals surface area contributed by atoms with E-state index in [9.17, 15) is 0 Å². The summed E-state index contributed by atoms with van der Waals surface area (Å²) in [4.78, 5) is 18.0. The molecule has 2 aromatic rings. The van der Waals surface area contributed by atoms with Crippen LogP contribution < -0.4 is 15.2 Å². The summed E-state index contributed by atoms with van der Waals surface area (Å²) in [6.07, 6.45) is 1.74. The third-order valence-corrected chi connectivity index (χ3v) is 4.38. The summed E-state index contributed by atoms with van der Waals surface area (Å²) in [5, 5.41) is 4.27. The van der Waals surface area contributed by atoms with E-state index in [1.807, 2.05) is 30.3 Å². The van der Waals surface area contributed by atoms with Crippen LogP contribution in [-0.4, -0.2) is 73.8 Å². The third kappa shape index (κ3) is 4.69. The molecule has 0 saturated carbocycles. The van der Waals surface area contributed by atoms with Crippen LogP contribution in [0.2, 0.25) is 0 Å². The lowest BCUT2D eigenvalue weighted by molar-refractivity contribution is 0.121. The Balaban J connectivity index is 1.55. The van der Waals surface area contributed by atoms with Gasteiger partial charge in [-0.1, -0.05) is 30.3 Å². The van der Waals surface area contributed by atoms with Crippen molar-refractivity contribution in [3.8, 4) is 0 Å². The number of nitrogens with zero attached hydrogens (tertiary/aromatic N) is 6. The summed E-state index contributed by atoms with van der Waals surface area (Å²) in [5.74, 6) is 1.72. The van der Waals surface area contributed by atoms with Crippen LogP contribution in [0.1, 0.15) is 5.56 Å². The van der Waals surface area contributed by atoms with Crippen molar-refractivity contribution in [3.05, 3.63) is 35.9 Å². The Morgan fingerprint density at radius 3 is 1.93 bits per heavy atom. The molecule has 2 aliphatic heterocycles. The minimum absolute atomic E-state index is 0.431. The normalized spacial score (nSPS) is 18.1. The first-order chi connectivity index (χ1) is 13.4. The molecule has 9 heteroatoms. The highest BCUT2D eigenvalue weighted by Gasteiger charge is 2.20. The summed E-state index contributed by atoms with van der Waals surface area (Å²) in [5.41, 5.74) is 3.94.